The fourth-order valence-corrected chi connectivity index (χ4v) is 3.45. The van der Waals surface area contributed by atoms with Gasteiger partial charge in [0.25, 0.3) is 0 Å². The summed E-state index contributed by atoms with van der Waals surface area (Å²) in [5, 5.41) is 0.656. The first kappa shape index (κ1) is 14.7. The van der Waals surface area contributed by atoms with Crippen molar-refractivity contribution < 1.29 is 13.6 Å². The average molecular weight is 277 g/mol. The minimum Gasteiger partial charge on any atom is -0.308 e. The molecule has 0 aliphatic heterocycles. The lowest BCUT2D eigenvalue weighted by atomic mass is 10.2. The number of halogens is 1. The molecule has 1 aromatic carbocycles. The maximum atomic E-state index is 12.5. The van der Waals surface area contributed by atoms with E-state index in [4.69, 9.17) is 20.6 Å². The molecule has 0 saturated carbocycles. The summed E-state index contributed by atoms with van der Waals surface area (Å²) in [5.41, 5.74) is 0.610. The van der Waals surface area contributed by atoms with E-state index in [-0.39, 0.29) is 5.66 Å². The van der Waals surface area contributed by atoms with Crippen LogP contribution in [0.15, 0.2) is 24.3 Å². The molecule has 3 nitrogen and oxygen atoms in total. The van der Waals surface area contributed by atoms with Crippen molar-refractivity contribution in [3.05, 3.63) is 34.9 Å². The van der Waals surface area contributed by atoms with Crippen molar-refractivity contribution in [3.8, 4) is 0 Å². The zero-order chi connectivity index (χ0) is 12.9. The van der Waals surface area contributed by atoms with E-state index in [0.717, 1.165) is 5.56 Å². The number of hydrogen-bond donors (Lipinski definition) is 0. The molecule has 0 radical (unpaired) electrons. The molecule has 0 unspecified atom stereocenters. The molecular weight excluding hydrogens is 259 g/mol. The molecule has 0 amide bonds. The molecule has 96 valence electrons. The lowest BCUT2D eigenvalue weighted by Crippen LogP contribution is -2.03. The monoisotopic (exact) mass is 276 g/mol. The van der Waals surface area contributed by atoms with Crippen LogP contribution >= 0.6 is 19.2 Å². The van der Waals surface area contributed by atoms with Crippen molar-refractivity contribution in [2.45, 2.75) is 26.4 Å². The fourth-order valence-electron chi connectivity index (χ4n) is 1.54. The normalized spacial score (nSPS) is 13.6. The van der Waals surface area contributed by atoms with Crippen LogP contribution in [0, 0.1) is 0 Å². The van der Waals surface area contributed by atoms with Crippen molar-refractivity contribution in [1.29, 1.82) is 0 Å². The molecule has 0 fully saturated rings. The average Bonchev–Trinajstić information content (AvgIpc) is 2.30. The van der Waals surface area contributed by atoms with Crippen LogP contribution in [0.4, 0.5) is 0 Å². The SMILES string of the molecule is CCOP(=O)(OCC)[C@@H](C)c1ccc(Cl)cc1. The van der Waals surface area contributed by atoms with Gasteiger partial charge in [0.05, 0.1) is 18.9 Å². The number of hydrogen-bond acceptors (Lipinski definition) is 3. The van der Waals surface area contributed by atoms with Crippen molar-refractivity contribution >= 4 is 19.2 Å². The van der Waals surface area contributed by atoms with E-state index >= 15 is 0 Å². The predicted octanol–water partition coefficient (Wildman–Crippen LogP) is 4.67. The Morgan fingerprint density at radius 3 is 2.06 bits per heavy atom. The second-order valence-electron chi connectivity index (χ2n) is 3.60. The second kappa shape index (κ2) is 6.55. The van der Waals surface area contributed by atoms with E-state index in [9.17, 15) is 4.57 Å². The smallest absolute Gasteiger partial charge is 0.308 e. The van der Waals surface area contributed by atoms with Crippen LogP contribution < -0.4 is 0 Å². The van der Waals surface area contributed by atoms with Crippen molar-refractivity contribution in [2.75, 3.05) is 13.2 Å². The Balaban J connectivity index is 2.95. The third-order valence-corrected chi connectivity index (χ3v) is 5.18. The van der Waals surface area contributed by atoms with Gasteiger partial charge in [-0.3, -0.25) is 4.57 Å². The molecule has 17 heavy (non-hydrogen) atoms. The Labute approximate surface area is 108 Å². The van der Waals surface area contributed by atoms with E-state index in [1.54, 1.807) is 26.0 Å². The van der Waals surface area contributed by atoms with Crippen LogP contribution in [-0.2, 0) is 13.6 Å². The Morgan fingerprint density at radius 2 is 1.65 bits per heavy atom. The molecule has 0 N–H and O–H groups in total. The van der Waals surface area contributed by atoms with Crippen LogP contribution in [0.5, 0.6) is 0 Å². The van der Waals surface area contributed by atoms with E-state index in [2.05, 4.69) is 0 Å². The summed E-state index contributed by atoms with van der Waals surface area (Å²) in [6.07, 6.45) is 0. The van der Waals surface area contributed by atoms with E-state index in [0.29, 0.717) is 18.2 Å². The molecule has 0 aromatic heterocycles. The Kier molecular flexibility index (Phi) is 5.68. The van der Waals surface area contributed by atoms with Crippen LogP contribution in [0.1, 0.15) is 32.0 Å². The summed E-state index contributed by atoms with van der Waals surface area (Å²) in [4.78, 5) is 0. The van der Waals surface area contributed by atoms with E-state index in [1.165, 1.54) is 0 Å². The summed E-state index contributed by atoms with van der Waals surface area (Å²) < 4.78 is 23.2. The first-order chi connectivity index (χ1) is 8.03. The lowest BCUT2D eigenvalue weighted by molar-refractivity contribution is 0.213. The second-order valence-corrected chi connectivity index (χ2v) is 6.41. The van der Waals surface area contributed by atoms with Gasteiger partial charge < -0.3 is 9.05 Å². The zero-order valence-corrected chi connectivity index (χ0v) is 12.0. The van der Waals surface area contributed by atoms with Crippen LogP contribution in [0.3, 0.4) is 0 Å². The molecule has 5 heteroatoms. The Bertz CT molecular complexity index is 381. The summed E-state index contributed by atoms with van der Waals surface area (Å²) in [6, 6.07) is 7.24. The Morgan fingerprint density at radius 1 is 1.18 bits per heavy atom. The maximum Gasteiger partial charge on any atom is 0.337 e. The van der Waals surface area contributed by atoms with Crippen LogP contribution in [0.2, 0.25) is 5.02 Å². The molecule has 0 aliphatic carbocycles. The van der Waals surface area contributed by atoms with Gasteiger partial charge in [0, 0.05) is 5.02 Å². The van der Waals surface area contributed by atoms with Gasteiger partial charge in [0.2, 0.25) is 0 Å². The standard InChI is InChI=1S/C12H18ClO3P/c1-4-15-17(14,16-5-2)10(3)11-6-8-12(13)9-7-11/h6-10H,4-5H2,1-3H3/t10-/m0/s1. The van der Waals surface area contributed by atoms with Gasteiger partial charge in [-0.15, -0.1) is 0 Å². The fraction of sp³-hybridized carbons (Fsp3) is 0.500. The van der Waals surface area contributed by atoms with Gasteiger partial charge in [0.1, 0.15) is 0 Å². The van der Waals surface area contributed by atoms with Gasteiger partial charge >= 0.3 is 7.60 Å². The molecular formula is C12H18ClO3P. The minimum absolute atomic E-state index is 0.292. The highest BCUT2D eigenvalue weighted by Crippen LogP contribution is 2.60. The molecule has 0 bridgehead atoms. The first-order valence-electron chi connectivity index (χ1n) is 5.67. The maximum absolute atomic E-state index is 12.5. The van der Waals surface area contributed by atoms with Gasteiger partial charge in [-0.1, -0.05) is 23.7 Å². The highest BCUT2D eigenvalue weighted by Gasteiger charge is 2.32. The van der Waals surface area contributed by atoms with Crippen molar-refractivity contribution in [1.82, 2.24) is 0 Å². The van der Waals surface area contributed by atoms with Gasteiger partial charge in [-0.05, 0) is 38.5 Å². The minimum atomic E-state index is -3.09. The molecule has 0 heterocycles. The lowest BCUT2D eigenvalue weighted by Gasteiger charge is -2.23. The third kappa shape index (κ3) is 3.82. The van der Waals surface area contributed by atoms with Crippen LogP contribution in [0.25, 0.3) is 0 Å². The summed E-state index contributed by atoms with van der Waals surface area (Å²) in [6.45, 7) is 6.19. The molecule has 1 rings (SSSR count). The topological polar surface area (TPSA) is 35.5 Å². The van der Waals surface area contributed by atoms with Gasteiger partial charge in [-0.25, -0.2) is 0 Å². The van der Waals surface area contributed by atoms with E-state index < -0.39 is 7.60 Å². The quantitative estimate of drug-likeness (QED) is 0.709. The molecule has 0 aliphatic rings. The van der Waals surface area contributed by atoms with Crippen molar-refractivity contribution in [3.63, 3.8) is 0 Å². The number of rotatable bonds is 6. The highest BCUT2D eigenvalue weighted by molar-refractivity contribution is 7.54. The van der Waals surface area contributed by atoms with E-state index in [1.807, 2.05) is 19.1 Å². The molecule has 1 aromatic rings. The molecule has 0 spiro atoms. The molecule has 1 atom stereocenters. The number of benzene rings is 1. The van der Waals surface area contributed by atoms with Crippen molar-refractivity contribution in [2.24, 2.45) is 0 Å². The predicted molar refractivity (Wildman–Crippen MR) is 70.7 cm³/mol. The van der Waals surface area contributed by atoms with Crippen LogP contribution in [-0.4, -0.2) is 13.2 Å². The highest BCUT2D eigenvalue weighted by atomic mass is 35.5. The molecule has 0 saturated heterocycles. The zero-order valence-electron chi connectivity index (χ0n) is 10.4. The Hall–Kier alpha value is -0.340. The van der Waals surface area contributed by atoms with Gasteiger partial charge in [-0.2, -0.15) is 0 Å². The first-order valence-corrected chi connectivity index (χ1v) is 7.66. The summed E-state index contributed by atoms with van der Waals surface area (Å²) >= 11 is 5.82. The summed E-state index contributed by atoms with van der Waals surface area (Å²) in [7, 11) is -3.09. The van der Waals surface area contributed by atoms with Gasteiger partial charge in [0.15, 0.2) is 0 Å². The summed E-state index contributed by atoms with van der Waals surface area (Å²) in [5.74, 6) is 0. The largest absolute Gasteiger partial charge is 0.337 e. The third-order valence-electron chi connectivity index (χ3n) is 2.44.